The summed E-state index contributed by atoms with van der Waals surface area (Å²) in [6, 6.07) is 17.6. The van der Waals surface area contributed by atoms with Crippen LogP contribution in [0.5, 0.6) is 5.75 Å². The number of methoxy groups -OCH3 is 1. The molecule has 5 rings (SSSR count). The average molecular weight is 418 g/mol. The molecule has 2 fully saturated rings. The molecule has 2 saturated heterocycles. The fourth-order valence-electron chi connectivity index (χ4n) is 5.05. The number of hydrogen-bond donors (Lipinski definition) is 1. The first-order chi connectivity index (χ1) is 15.1. The third kappa shape index (κ3) is 3.41. The van der Waals surface area contributed by atoms with E-state index in [0.29, 0.717) is 13.1 Å². The van der Waals surface area contributed by atoms with E-state index in [1.807, 2.05) is 54.6 Å². The SMILES string of the molecule is COc1ccc(N2C[C@@]34C=C[C@@H](O3)[C@H](C(=O)NCCCc3ccccc3)[C@@H]4C2=O)cc1. The van der Waals surface area contributed by atoms with Crippen LogP contribution in [-0.2, 0) is 20.7 Å². The van der Waals surface area contributed by atoms with Crippen LogP contribution in [0.15, 0.2) is 66.7 Å². The summed E-state index contributed by atoms with van der Waals surface area (Å²) in [4.78, 5) is 28.1. The van der Waals surface area contributed by atoms with Crippen LogP contribution >= 0.6 is 0 Å². The molecule has 3 heterocycles. The van der Waals surface area contributed by atoms with Gasteiger partial charge in [0.1, 0.15) is 11.4 Å². The van der Waals surface area contributed by atoms with Gasteiger partial charge in [0, 0.05) is 12.2 Å². The van der Waals surface area contributed by atoms with Crippen molar-refractivity contribution in [2.24, 2.45) is 11.8 Å². The molecule has 2 bridgehead atoms. The Morgan fingerprint density at radius 1 is 1.19 bits per heavy atom. The molecule has 0 radical (unpaired) electrons. The van der Waals surface area contributed by atoms with Crippen molar-refractivity contribution in [2.75, 3.05) is 25.1 Å². The number of aryl methyl sites for hydroxylation is 1. The minimum Gasteiger partial charge on any atom is -0.497 e. The fourth-order valence-corrected chi connectivity index (χ4v) is 5.05. The molecule has 160 valence electrons. The van der Waals surface area contributed by atoms with Gasteiger partial charge in [0.05, 0.1) is 31.6 Å². The van der Waals surface area contributed by atoms with Crippen LogP contribution in [0.25, 0.3) is 0 Å². The Kier molecular flexibility index (Phi) is 5.02. The summed E-state index contributed by atoms with van der Waals surface area (Å²) >= 11 is 0. The lowest BCUT2D eigenvalue weighted by molar-refractivity contribution is -0.131. The van der Waals surface area contributed by atoms with Crippen molar-refractivity contribution in [3.8, 4) is 5.75 Å². The van der Waals surface area contributed by atoms with E-state index in [-0.39, 0.29) is 17.9 Å². The highest BCUT2D eigenvalue weighted by Gasteiger charge is 2.67. The number of carbonyl (C=O) groups is 2. The molecule has 2 amide bonds. The van der Waals surface area contributed by atoms with Crippen LogP contribution < -0.4 is 15.0 Å². The average Bonchev–Trinajstić information content (AvgIpc) is 3.45. The fraction of sp³-hybridized carbons (Fsp3) is 0.360. The summed E-state index contributed by atoms with van der Waals surface area (Å²) in [5.41, 5.74) is 1.33. The van der Waals surface area contributed by atoms with Crippen molar-refractivity contribution < 1.29 is 19.1 Å². The first kappa shape index (κ1) is 19.8. The van der Waals surface area contributed by atoms with E-state index < -0.39 is 17.4 Å². The van der Waals surface area contributed by atoms with Gasteiger partial charge in [0.15, 0.2) is 0 Å². The predicted octanol–water partition coefficient (Wildman–Crippen LogP) is 2.73. The van der Waals surface area contributed by atoms with Gasteiger partial charge in [-0.05, 0) is 42.7 Å². The zero-order chi connectivity index (χ0) is 21.4. The van der Waals surface area contributed by atoms with Gasteiger partial charge in [-0.15, -0.1) is 0 Å². The Bertz CT molecular complexity index is 1000. The molecule has 0 aromatic heterocycles. The largest absolute Gasteiger partial charge is 0.497 e. The first-order valence-electron chi connectivity index (χ1n) is 10.8. The van der Waals surface area contributed by atoms with Crippen molar-refractivity contribution in [1.82, 2.24) is 5.32 Å². The molecule has 6 heteroatoms. The van der Waals surface area contributed by atoms with E-state index >= 15 is 0 Å². The van der Waals surface area contributed by atoms with E-state index in [1.54, 1.807) is 12.0 Å². The van der Waals surface area contributed by atoms with E-state index in [4.69, 9.17) is 9.47 Å². The number of nitrogens with zero attached hydrogens (tertiary/aromatic N) is 1. The quantitative estimate of drug-likeness (QED) is 0.555. The van der Waals surface area contributed by atoms with Gasteiger partial charge in [0.25, 0.3) is 0 Å². The van der Waals surface area contributed by atoms with E-state index in [1.165, 1.54) is 5.56 Å². The summed E-state index contributed by atoms with van der Waals surface area (Å²) in [7, 11) is 1.61. The molecule has 2 aromatic rings. The van der Waals surface area contributed by atoms with E-state index in [2.05, 4.69) is 17.4 Å². The first-order valence-corrected chi connectivity index (χ1v) is 10.8. The van der Waals surface area contributed by atoms with E-state index in [0.717, 1.165) is 24.3 Å². The molecule has 6 nitrogen and oxygen atoms in total. The summed E-state index contributed by atoms with van der Waals surface area (Å²) in [5, 5.41) is 3.04. The van der Waals surface area contributed by atoms with Gasteiger partial charge in [-0.2, -0.15) is 0 Å². The number of fused-ring (bicyclic) bond motifs is 1. The second kappa shape index (κ2) is 7.85. The molecule has 3 aliphatic heterocycles. The molecule has 4 atom stereocenters. The maximum absolute atomic E-state index is 13.4. The lowest BCUT2D eigenvalue weighted by atomic mass is 9.77. The summed E-state index contributed by atoms with van der Waals surface area (Å²) in [6.45, 7) is 1.00. The van der Waals surface area contributed by atoms with Crippen molar-refractivity contribution >= 4 is 17.5 Å². The van der Waals surface area contributed by atoms with Crippen molar-refractivity contribution in [3.63, 3.8) is 0 Å². The number of nitrogens with one attached hydrogen (secondary N) is 1. The molecule has 1 spiro atoms. The zero-order valence-electron chi connectivity index (χ0n) is 17.5. The molecule has 0 aliphatic carbocycles. The van der Waals surface area contributed by atoms with Crippen LogP contribution in [-0.4, -0.2) is 43.7 Å². The summed E-state index contributed by atoms with van der Waals surface area (Å²) in [6.07, 6.45) is 5.34. The second-order valence-electron chi connectivity index (χ2n) is 8.40. The van der Waals surface area contributed by atoms with Gasteiger partial charge in [-0.1, -0.05) is 42.5 Å². The smallest absolute Gasteiger partial charge is 0.234 e. The van der Waals surface area contributed by atoms with Gasteiger partial charge < -0.3 is 19.7 Å². The lowest BCUT2D eigenvalue weighted by Crippen LogP contribution is -2.44. The standard InChI is InChI=1S/C25H26N2O4/c1-30-19-11-9-18(10-12-19)27-16-25-14-13-20(31-25)21(22(25)24(27)29)23(28)26-15-5-8-17-6-3-2-4-7-17/h2-4,6-7,9-14,20-22H,5,8,15-16H2,1H3,(H,26,28)/t20-,21+,22-,25-/m1/s1. The minimum atomic E-state index is -0.715. The number of anilines is 1. The Labute approximate surface area is 181 Å². The maximum Gasteiger partial charge on any atom is 0.234 e. The number of ether oxygens (including phenoxy) is 2. The Morgan fingerprint density at radius 2 is 1.97 bits per heavy atom. The maximum atomic E-state index is 13.4. The van der Waals surface area contributed by atoms with Gasteiger partial charge in [-0.25, -0.2) is 0 Å². The molecule has 3 aliphatic rings. The number of carbonyl (C=O) groups excluding carboxylic acids is 2. The van der Waals surface area contributed by atoms with Gasteiger partial charge in [-0.3, -0.25) is 9.59 Å². The third-order valence-electron chi connectivity index (χ3n) is 6.57. The monoisotopic (exact) mass is 418 g/mol. The number of amides is 2. The summed E-state index contributed by atoms with van der Waals surface area (Å²) in [5.74, 6) is -0.393. The molecule has 2 aromatic carbocycles. The highest BCUT2D eigenvalue weighted by atomic mass is 16.5. The number of rotatable bonds is 7. The number of benzene rings is 2. The van der Waals surface area contributed by atoms with Crippen molar-refractivity contribution in [2.45, 2.75) is 24.5 Å². The van der Waals surface area contributed by atoms with E-state index in [9.17, 15) is 9.59 Å². The molecule has 1 N–H and O–H groups in total. The lowest BCUT2D eigenvalue weighted by Gasteiger charge is -2.23. The van der Waals surface area contributed by atoms with Gasteiger partial charge in [0.2, 0.25) is 11.8 Å². The minimum absolute atomic E-state index is 0.0542. The number of hydrogen-bond acceptors (Lipinski definition) is 4. The molecule has 31 heavy (non-hydrogen) atoms. The van der Waals surface area contributed by atoms with Gasteiger partial charge >= 0.3 is 0 Å². The molecular weight excluding hydrogens is 392 g/mol. The van der Waals surface area contributed by atoms with Crippen LogP contribution in [0, 0.1) is 11.8 Å². The highest BCUT2D eigenvalue weighted by Crippen LogP contribution is 2.52. The van der Waals surface area contributed by atoms with Crippen LogP contribution in [0.2, 0.25) is 0 Å². The second-order valence-corrected chi connectivity index (χ2v) is 8.40. The Balaban J connectivity index is 1.26. The predicted molar refractivity (Wildman–Crippen MR) is 117 cm³/mol. The molecule has 0 unspecified atom stereocenters. The summed E-state index contributed by atoms with van der Waals surface area (Å²) < 4.78 is 11.4. The normalized spacial score (nSPS) is 28.1. The Morgan fingerprint density at radius 3 is 2.71 bits per heavy atom. The molecule has 0 saturated carbocycles. The van der Waals surface area contributed by atoms with Crippen molar-refractivity contribution in [3.05, 3.63) is 72.3 Å². The third-order valence-corrected chi connectivity index (χ3v) is 6.57. The van der Waals surface area contributed by atoms with Crippen molar-refractivity contribution in [1.29, 1.82) is 0 Å². The van der Waals surface area contributed by atoms with Crippen LogP contribution in [0.4, 0.5) is 5.69 Å². The zero-order valence-corrected chi connectivity index (χ0v) is 17.5. The topological polar surface area (TPSA) is 67.9 Å². The van der Waals surface area contributed by atoms with Crippen LogP contribution in [0.3, 0.4) is 0 Å². The highest BCUT2D eigenvalue weighted by molar-refractivity contribution is 6.03. The Hall–Kier alpha value is -3.12. The van der Waals surface area contributed by atoms with Crippen LogP contribution in [0.1, 0.15) is 12.0 Å². The molecular formula is C25H26N2O4.